The van der Waals surface area contributed by atoms with Gasteiger partial charge in [0.2, 0.25) is 5.76 Å². The molecule has 19 heavy (non-hydrogen) atoms. The minimum Gasteiger partial charge on any atom is -0.354 e. The maximum absolute atomic E-state index is 13.5. The summed E-state index contributed by atoms with van der Waals surface area (Å²) in [7, 11) is 0. The molecule has 0 saturated heterocycles. The topological polar surface area (TPSA) is 69.2 Å². The van der Waals surface area contributed by atoms with E-state index >= 15 is 0 Å². The average Bonchev–Trinajstić information content (AvgIpc) is 2.72. The maximum Gasteiger partial charge on any atom is 0.338 e. The van der Waals surface area contributed by atoms with E-state index in [1.165, 1.54) is 25.1 Å². The molecule has 1 aromatic heterocycles. The van der Waals surface area contributed by atoms with Crippen LogP contribution in [0.15, 0.2) is 27.2 Å². The minimum atomic E-state index is -0.581. The first kappa shape index (κ1) is 13.4. The lowest BCUT2D eigenvalue weighted by Gasteiger charge is -1.96. The molecular formula is C12H8BrFN2O3. The largest absolute Gasteiger partial charge is 0.354 e. The van der Waals surface area contributed by atoms with Gasteiger partial charge in [0.05, 0.1) is 4.92 Å². The van der Waals surface area contributed by atoms with Crippen LogP contribution in [0.1, 0.15) is 17.0 Å². The summed E-state index contributed by atoms with van der Waals surface area (Å²) in [6.45, 7) is 1.45. The Morgan fingerprint density at radius 2 is 2.21 bits per heavy atom. The molecule has 2 aromatic rings. The van der Waals surface area contributed by atoms with Crippen LogP contribution >= 0.6 is 15.9 Å². The Morgan fingerprint density at radius 3 is 2.89 bits per heavy atom. The smallest absolute Gasteiger partial charge is 0.338 e. The number of benzene rings is 1. The van der Waals surface area contributed by atoms with E-state index in [0.29, 0.717) is 10.0 Å². The van der Waals surface area contributed by atoms with Crippen LogP contribution in [0.3, 0.4) is 0 Å². The molecule has 0 aliphatic heterocycles. The van der Waals surface area contributed by atoms with Crippen LogP contribution in [-0.2, 0) is 0 Å². The molecule has 0 atom stereocenters. The molecule has 0 radical (unpaired) electrons. The van der Waals surface area contributed by atoms with E-state index < -0.39 is 10.7 Å². The highest BCUT2D eigenvalue weighted by atomic mass is 79.9. The van der Waals surface area contributed by atoms with Gasteiger partial charge in [0.15, 0.2) is 5.69 Å². The summed E-state index contributed by atoms with van der Waals surface area (Å²) in [5, 5.41) is 14.4. The molecule has 1 aromatic carbocycles. The lowest BCUT2D eigenvalue weighted by molar-refractivity contribution is -0.386. The molecule has 0 aliphatic carbocycles. The second-order valence-electron chi connectivity index (χ2n) is 3.73. The highest BCUT2D eigenvalue weighted by Crippen LogP contribution is 2.25. The Morgan fingerprint density at radius 1 is 1.47 bits per heavy atom. The fourth-order valence-electron chi connectivity index (χ4n) is 1.53. The van der Waals surface area contributed by atoms with E-state index in [9.17, 15) is 14.5 Å². The van der Waals surface area contributed by atoms with Gasteiger partial charge in [-0.1, -0.05) is 21.1 Å². The molecule has 0 aliphatic rings. The summed E-state index contributed by atoms with van der Waals surface area (Å²) in [6, 6.07) is 4.42. The van der Waals surface area contributed by atoms with Crippen LogP contribution in [0.25, 0.3) is 12.2 Å². The third kappa shape index (κ3) is 2.87. The Bertz CT molecular complexity index is 667. The number of nitrogens with zero attached hydrogens (tertiary/aromatic N) is 2. The van der Waals surface area contributed by atoms with Crippen molar-refractivity contribution in [3.05, 3.63) is 55.6 Å². The number of aromatic nitrogens is 1. The number of halogens is 2. The zero-order chi connectivity index (χ0) is 14.0. The van der Waals surface area contributed by atoms with Crippen molar-refractivity contribution in [2.75, 3.05) is 0 Å². The van der Waals surface area contributed by atoms with E-state index in [1.54, 1.807) is 12.1 Å². The maximum atomic E-state index is 13.5. The Balaban J connectivity index is 2.38. The average molecular weight is 327 g/mol. The molecular weight excluding hydrogens is 319 g/mol. The van der Waals surface area contributed by atoms with E-state index in [4.69, 9.17) is 4.52 Å². The second kappa shape index (κ2) is 5.31. The van der Waals surface area contributed by atoms with Crippen molar-refractivity contribution < 1.29 is 13.8 Å². The van der Waals surface area contributed by atoms with Gasteiger partial charge in [-0.3, -0.25) is 10.1 Å². The third-order valence-corrected chi connectivity index (χ3v) is 2.91. The molecule has 2 rings (SSSR count). The first-order chi connectivity index (χ1) is 8.99. The molecule has 7 heteroatoms. The molecule has 0 spiro atoms. The molecule has 0 fully saturated rings. The molecule has 0 unspecified atom stereocenters. The van der Waals surface area contributed by atoms with Crippen molar-refractivity contribution in [2.45, 2.75) is 6.92 Å². The third-order valence-electron chi connectivity index (χ3n) is 2.42. The lowest BCUT2D eigenvalue weighted by Crippen LogP contribution is -1.90. The molecule has 0 amide bonds. The number of hydrogen-bond acceptors (Lipinski definition) is 4. The SMILES string of the molecule is Cc1onc(/C=C/c2cc(Br)ccc2F)c1[N+](=O)[O-]. The van der Waals surface area contributed by atoms with Gasteiger partial charge in [0, 0.05) is 17.0 Å². The van der Waals surface area contributed by atoms with Gasteiger partial charge >= 0.3 is 5.69 Å². The highest BCUT2D eigenvalue weighted by molar-refractivity contribution is 9.10. The van der Waals surface area contributed by atoms with Gasteiger partial charge in [-0.2, -0.15) is 0 Å². The quantitative estimate of drug-likeness (QED) is 0.632. The van der Waals surface area contributed by atoms with Gasteiger partial charge in [0.25, 0.3) is 0 Å². The van der Waals surface area contributed by atoms with Crippen molar-refractivity contribution >= 4 is 33.8 Å². The molecule has 0 bridgehead atoms. The van der Waals surface area contributed by atoms with E-state index in [2.05, 4.69) is 21.1 Å². The highest BCUT2D eigenvalue weighted by Gasteiger charge is 2.21. The van der Waals surface area contributed by atoms with Crippen LogP contribution in [0.4, 0.5) is 10.1 Å². The Kier molecular flexibility index (Phi) is 3.75. The van der Waals surface area contributed by atoms with Gasteiger partial charge in [-0.05, 0) is 30.4 Å². The van der Waals surface area contributed by atoms with Crippen molar-refractivity contribution in [1.29, 1.82) is 0 Å². The predicted molar refractivity (Wildman–Crippen MR) is 70.9 cm³/mol. The summed E-state index contributed by atoms with van der Waals surface area (Å²) < 4.78 is 18.9. The van der Waals surface area contributed by atoms with E-state index in [0.717, 1.165) is 0 Å². The molecule has 0 saturated carbocycles. The van der Waals surface area contributed by atoms with Crippen LogP contribution in [0.5, 0.6) is 0 Å². The first-order valence-electron chi connectivity index (χ1n) is 5.23. The van der Waals surface area contributed by atoms with E-state index in [-0.39, 0.29) is 17.1 Å². The van der Waals surface area contributed by atoms with Gasteiger partial charge in [0.1, 0.15) is 5.82 Å². The minimum absolute atomic E-state index is 0.0573. The van der Waals surface area contributed by atoms with Crippen molar-refractivity contribution in [3.8, 4) is 0 Å². The van der Waals surface area contributed by atoms with Gasteiger partial charge in [-0.25, -0.2) is 4.39 Å². The standard InChI is InChI=1S/C12H8BrFN2O3/c1-7-12(16(17)18)11(15-19-7)5-2-8-6-9(13)3-4-10(8)14/h2-6H,1H3/b5-2+. The van der Waals surface area contributed by atoms with Crippen LogP contribution < -0.4 is 0 Å². The second-order valence-corrected chi connectivity index (χ2v) is 4.64. The molecule has 0 N–H and O–H groups in total. The normalized spacial score (nSPS) is 11.1. The summed E-state index contributed by atoms with van der Waals surface area (Å²) >= 11 is 3.22. The predicted octanol–water partition coefficient (Wildman–Crippen LogP) is 3.96. The van der Waals surface area contributed by atoms with Crippen LogP contribution in [0.2, 0.25) is 0 Å². The number of hydrogen-bond donors (Lipinski definition) is 0. The summed E-state index contributed by atoms with van der Waals surface area (Å²) in [4.78, 5) is 10.2. The number of rotatable bonds is 3. The van der Waals surface area contributed by atoms with Crippen LogP contribution in [-0.4, -0.2) is 10.1 Å². The molecule has 1 heterocycles. The van der Waals surface area contributed by atoms with Crippen LogP contribution in [0, 0.1) is 22.9 Å². The number of aryl methyl sites for hydroxylation is 1. The van der Waals surface area contributed by atoms with Gasteiger partial charge in [-0.15, -0.1) is 0 Å². The van der Waals surface area contributed by atoms with Crippen molar-refractivity contribution in [1.82, 2.24) is 5.16 Å². The zero-order valence-corrected chi connectivity index (χ0v) is 11.3. The van der Waals surface area contributed by atoms with E-state index in [1.807, 2.05) is 0 Å². The summed E-state index contributed by atoms with van der Waals surface area (Å²) in [5.41, 5.74) is 0.137. The summed E-state index contributed by atoms with van der Waals surface area (Å²) in [5.74, 6) is -0.318. The lowest BCUT2D eigenvalue weighted by atomic mass is 10.2. The van der Waals surface area contributed by atoms with Crippen molar-refractivity contribution in [3.63, 3.8) is 0 Å². The fourth-order valence-corrected chi connectivity index (χ4v) is 1.91. The first-order valence-corrected chi connectivity index (χ1v) is 6.02. The molecule has 5 nitrogen and oxygen atoms in total. The Labute approximate surface area is 116 Å². The Hall–Kier alpha value is -2.02. The van der Waals surface area contributed by atoms with Crippen molar-refractivity contribution in [2.24, 2.45) is 0 Å². The number of nitro groups is 1. The fraction of sp³-hybridized carbons (Fsp3) is 0.0833. The monoisotopic (exact) mass is 326 g/mol. The molecule has 98 valence electrons. The van der Waals surface area contributed by atoms with Gasteiger partial charge < -0.3 is 4.52 Å². The summed E-state index contributed by atoms with van der Waals surface area (Å²) in [6.07, 6.45) is 2.75. The zero-order valence-electron chi connectivity index (χ0n) is 9.76.